The van der Waals surface area contributed by atoms with Gasteiger partial charge >= 0.3 is 0 Å². The molecule has 0 aliphatic carbocycles. The summed E-state index contributed by atoms with van der Waals surface area (Å²) in [6.07, 6.45) is 1.59. The first-order valence-electron chi connectivity index (χ1n) is 11.4. The Morgan fingerprint density at radius 3 is 2.53 bits per heavy atom. The topological polar surface area (TPSA) is 63.6 Å². The number of ether oxygens (including phenoxy) is 1. The number of benzene rings is 4. The van der Waals surface area contributed by atoms with E-state index in [1.807, 2.05) is 103 Å². The Labute approximate surface area is 217 Å². The highest BCUT2D eigenvalue weighted by Gasteiger charge is 2.13. The second-order valence-electron chi connectivity index (χ2n) is 8.09. The highest BCUT2D eigenvalue weighted by Crippen LogP contribution is 2.25. The number of amides is 1. The molecule has 0 saturated heterocycles. The normalized spacial score (nSPS) is 11.0. The van der Waals surface area contributed by atoms with Gasteiger partial charge in [0.25, 0.3) is 5.91 Å². The van der Waals surface area contributed by atoms with Gasteiger partial charge in [-0.05, 0) is 42.0 Å². The van der Waals surface area contributed by atoms with Crippen LogP contribution in [0.25, 0.3) is 22.2 Å². The zero-order valence-corrected chi connectivity index (χ0v) is 20.9. The van der Waals surface area contributed by atoms with Gasteiger partial charge in [0.05, 0.1) is 23.0 Å². The SMILES string of the molecule is O=C(NN=Cc1ccccc1OCc1cccc(Br)c1)c1cc(-c2ccccc2)nc2ccccc12. The predicted octanol–water partition coefficient (Wildman–Crippen LogP) is 7.01. The highest BCUT2D eigenvalue weighted by atomic mass is 79.9. The minimum atomic E-state index is -0.311. The number of hydrazone groups is 1. The number of nitrogens with zero attached hydrogens (tertiary/aromatic N) is 2. The number of pyridine rings is 1. The third kappa shape index (κ3) is 5.50. The maximum absolute atomic E-state index is 13.2. The molecule has 0 aliphatic heterocycles. The molecule has 5 nitrogen and oxygen atoms in total. The number of carbonyl (C=O) groups is 1. The summed E-state index contributed by atoms with van der Waals surface area (Å²) in [7, 11) is 0. The van der Waals surface area contributed by atoms with E-state index in [4.69, 9.17) is 9.72 Å². The van der Waals surface area contributed by atoms with Crippen LogP contribution in [0.15, 0.2) is 119 Å². The van der Waals surface area contributed by atoms with Crippen molar-refractivity contribution in [3.05, 3.63) is 130 Å². The molecule has 6 heteroatoms. The molecule has 0 atom stereocenters. The number of nitrogens with one attached hydrogen (secondary N) is 1. The van der Waals surface area contributed by atoms with Crippen LogP contribution < -0.4 is 10.2 Å². The molecule has 1 heterocycles. The van der Waals surface area contributed by atoms with Crippen LogP contribution in [0, 0.1) is 0 Å². The molecule has 0 radical (unpaired) electrons. The summed E-state index contributed by atoms with van der Waals surface area (Å²) in [6.45, 7) is 0.419. The molecule has 5 rings (SSSR count). The Morgan fingerprint density at radius 1 is 0.889 bits per heavy atom. The van der Waals surface area contributed by atoms with Crippen LogP contribution in [0.2, 0.25) is 0 Å². The van der Waals surface area contributed by atoms with E-state index < -0.39 is 0 Å². The molecule has 0 saturated carbocycles. The van der Waals surface area contributed by atoms with E-state index in [0.29, 0.717) is 17.9 Å². The van der Waals surface area contributed by atoms with Crippen molar-refractivity contribution in [3.8, 4) is 17.0 Å². The van der Waals surface area contributed by atoms with Crippen molar-refractivity contribution in [1.29, 1.82) is 0 Å². The molecule has 0 unspecified atom stereocenters. The Morgan fingerprint density at radius 2 is 1.67 bits per heavy atom. The van der Waals surface area contributed by atoms with Crippen LogP contribution in [0.3, 0.4) is 0 Å². The van der Waals surface area contributed by atoms with Gasteiger partial charge in [-0.15, -0.1) is 0 Å². The summed E-state index contributed by atoms with van der Waals surface area (Å²) in [5.41, 5.74) is 7.41. The summed E-state index contributed by atoms with van der Waals surface area (Å²) in [6, 6.07) is 34.7. The average Bonchev–Trinajstić information content (AvgIpc) is 2.92. The van der Waals surface area contributed by atoms with Crippen LogP contribution in [0.1, 0.15) is 21.5 Å². The van der Waals surface area contributed by atoms with Gasteiger partial charge in [0.15, 0.2) is 0 Å². The maximum Gasteiger partial charge on any atom is 0.272 e. The molecule has 1 amide bonds. The maximum atomic E-state index is 13.2. The number of hydrogen-bond acceptors (Lipinski definition) is 4. The van der Waals surface area contributed by atoms with E-state index in [2.05, 4.69) is 26.5 Å². The molecule has 1 aromatic heterocycles. The standard InChI is InChI=1S/C30H22BrN3O2/c31-24-13-8-9-21(17-24)20-36-29-16-7-4-12-23(29)19-32-34-30(35)26-18-28(22-10-2-1-3-11-22)33-27-15-6-5-14-25(26)27/h1-19H,20H2,(H,34,35). The minimum Gasteiger partial charge on any atom is -0.488 e. The van der Waals surface area contributed by atoms with Gasteiger partial charge in [0.2, 0.25) is 0 Å². The molecule has 1 N–H and O–H groups in total. The second kappa shape index (κ2) is 11.0. The lowest BCUT2D eigenvalue weighted by Crippen LogP contribution is -2.18. The number of hydrogen-bond donors (Lipinski definition) is 1. The van der Waals surface area contributed by atoms with Crippen molar-refractivity contribution >= 4 is 39.0 Å². The van der Waals surface area contributed by atoms with Gasteiger partial charge in [-0.3, -0.25) is 4.79 Å². The third-order valence-electron chi connectivity index (χ3n) is 5.60. The highest BCUT2D eigenvalue weighted by molar-refractivity contribution is 9.10. The Kier molecular flexibility index (Phi) is 7.15. The number of halogens is 1. The number of carbonyl (C=O) groups excluding carboxylic acids is 1. The largest absolute Gasteiger partial charge is 0.488 e. The third-order valence-corrected chi connectivity index (χ3v) is 6.10. The number of rotatable bonds is 7. The van der Waals surface area contributed by atoms with Crippen molar-refractivity contribution in [2.24, 2.45) is 5.10 Å². The predicted molar refractivity (Wildman–Crippen MR) is 147 cm³/mol. The Bertz CT molecular complexity index is 1550. The lowest BCUT2D eigenvalue weighted by molar-refractivity contribution is 0.0956. The van der Waals surface area contributed by atoms with Crippen LogP contribution in [0.4, 0.5) is 0 Å². The van der Waals surface area contributed by atoms with Gasteiger partial charge in [-0.25, -0.2) is 10.4 Å². The van der Waals surface area contributed by atoms with E-state index in [1.165, 1.54) is 0 Å². The second-order valence-corrected chi connectivity index (χ2v) is 9.01. The van der Waals surface area contributed by atoms with Crippen LogP contribution in [-0.2, 0) is 6.61 Å². The zero-order valence-electron chi connectivity index (χ0n) is 19.3. The fourth-order valence-corrected chi connectivity index (χ4v) is 4.29. The van der Waals surface area contributed by atoms with Gasteiger partial charge < -0.3 is 4.74 Å². The van der Waals surface area contributed by atoms with E-state index in [0.717, 1.165) is 37.8 Å². The molecule has 5 aromatic rings. The minimum absolute atomic E-state index is 0.311. The summed E-state index contributed by atoms with van der Waals surface area (Å²) in [5, 5.41) is 4.99. The van der Waals surface area contributed by atoms with Crippen molar-refractivity contribution in [2.75, 3.05) is 0 Å². The van der Waals surface area contributed by atoms with Gasteiger partial charge in [0.1, 0.15) is 12.4 Å². The fourth-order valence-electron chi connectivity index (χ4n) is 3.85. The molecular formula is C30H22BrN3O2. The van der Waals surface area contributed by atoms with Crippen LogP contribution in [-0.4, -0.2) is 17.1 Å². The molecule has 0 spiro atoms. The number of para-hydroxylation sites is 2. The van der Waals surface area contributed by atoms with E-state index >= 15 is 0 Å². The number of fused-ring (bicyclic) bond motifs is 1. The average molecular weight is 536 g/mol. The van der Waals surface area contributed by atoms with E-state index in [9.17, 15) is 4.79 Å². The molecule has 0 fully saturated rings. The molecule has 4 aromatic carbocycles. The monoisotopic (exact) mass is 535 g/mol. The Hall–Kier alpha value is -4.29. The van der Waals surface area contributed by atoms with Gasteiger partial charge in [-0.1, -0.05) is 88.7 Å². The van der Waals surface area contributed by atoms with Crippen LogP contribution >= 0.6 is 15.9 Å². The fraction of sp³-hybridized carbons (Fsp3) is 0.0333. The van der Waals surface area contributed by atoms with E-state index in [1.54, 1.807) is 12.3 Å². The molecule has 0 bridgehead atoms. The van der Waals surface area contributed by atoms with E-state index in [-0.39, 0.29) is 5.91 Å². The van der Waals surface area contributed by atoms with Crippen molar-refractivity contribution in [1.82, 2.24) is 10.4 Å². The summed E-state index contributed by atoms with van der Waals surface area (Å²) >= 11 is 3.48. The van der Waals surface area contributed by atoms with Crippen LogP contribution in [0.5, 0.6) is 5.75 Å². The summed E-state index contributed by atoms with van der Waals surface area (Å²) in [4.78, 5) is 17.9. The van der Waals surface area contributed by atoms with Crippen molar-refractivity contribution in [3.63, 3.8) is 0 Å². The summed E-state index contributed by atoms with van der Waals surface area (Å²) in [5.74, 6) is 0.366. The smallest absolute Gasteiger partial charge is 0.272 e. The molecule has 36 heavy (non-hydrogen) atoms. The quantitative estimate of drug-likeness (QED) is 0.180. The first kappa shape index (κ1) is 23.5. The lowest BCUT2D eigenvalue weighted by Gasteiger charge is -2.10. The first-order valence-corrected chi connectivity index (χ1v) is 12.2. The zero-order chi connectivity index (χ0) is 24.7. The van der Waals surface area contributed by atoms with Gasteiger partial charge in [0, 0.05) is 21.0 Å². The van der Waals surface area contributed by atoms with Crippen molar-refractivity contribution < 1.29 is 9.53 Å². The summed E-state index contributed by atoms with van der Waals surface area (Å²) < 4.78 is 7.01. The van der Waals surface area contributed by atoms with Crippen molar-refractivity contribution in [2.45, 2.75) is 6.61 Å². The molecule has 176 valence electrons. The first-order chi connectivity index (χ1) is 17.7. The Balaban J connectivity index is 1.36. The van der Waals surface area contributed by atoms with Gasteiger partial charge in [-0.2, -0.15) is 5.10 Å². The lowest BCUT2D eigenvalue weighted by atomic mass is 10.0. The molecule has 0 aliphatic rings. The number of aromatic nitrogens is 1. The molecular weight excluding hydrogens is 514 g/mol.